The highest BCUT2D eigenvalue weighted by atomic mass is 16.6. The molecular weight excluding hydrogens is 252 g/mol. The molecular formula is C12H18N2O5. The highest BCUT2D eigenvalue weighted by Crippen LogP contribution is 2.08. The van der Waals surface area contributed by atoms with Crippen molar-refractivity contribution < 1.29 is 18.8 Å². The van der Waals surface area contributed by atoms with E-state index in [4.69, 9.17) is 9.26 Å². The van der Waals surface area contributed by atoms with E-state index in [1.165, 1.54) is 0 Å². The zero-order valence-electron chi connectivity index (χ0n) is 11.4. The van der Waals surface area contributed by atoms with Crippen molar-refractivity contribution in [3.63, 3.8) is 0 Å². The molecule has 0 spiro atoms. The Bertz CT molecular complexity index is 509. The Morgan fingerprint density at radius 2 is 2.16 bits per heavy atom. The Morgan fingerprint density at radius 3 is 2.58 bits per heavy atom. The molecule has 19 heavy (non-hydrogen) atoms. The molecule has 1 atom stereocenters. The fourth-order valence-electron chi connectivity index (χ4n) is 1.45. The van der Waals surface area contributed by atoms with Crippen molar-refractivity contribution in [1.29, 1.82) is 0 Å². The molecule has 1 heterocycles. The Labute approximate surface area is 110 Å². The van der Waals surface area contributed by atoms with Crippen LogP contribution in [0.4, 0.5) is 4.79 Å². The van der Waals surface area contributed by atoms with Gasteiger partial charge in [0.15, 0.2) is 0 Å². The van der Waals surface area contributed by atoms with E-state index in [0.717, 1.165) is 0 Å². The number of hydrogen-bond acceptors (Lipinski definition) is 5. The van der Waals surface area contributed by atoms with E-state index in [2.05, 4.69) is 10.5 Å². The highest BCUT2D eigenvalue weighted by molar-refractivity contribution is 5.73. The minimum absolute atomic E-state index is 0.0560. The second-order valence-corrected chi connectivity index (χ2v) is 5.16. The van der Waals surface area contributed by atoms with Crippen LogP contribution in [0.3, 0.4) is 0 Å². The normalized spacial score (nSPS) is 12.8. The molecule has 0 unspecified atom stereocenters. The molecule has 1 aromatic rings. The maximum Gasteiger partial charge on any atom is 0.408 e. The summed E-state index contributed by atoms with van der Waals surface area (Å²) in [5.41, 5.74) is -0.732. The van der Waals surface area contributed by atoms with Crippen molar-refractivity contribution in [2.24, 2.45) is 0 Å². The number of nitrogens with one attached hydrogen (secondary N) is 2. The molecule has 0 fully saturated rings. The smallest absolute Gasteiger partial charge is 0.408 e. The number of ether oxygens (including phenoxy) is 1. The van der Waals surface area contributed by atoms with E-state index in [-0.39, 0.29) is 6.42 Å². The number of aryl methyl sites for hydroxylation is 1. The summed E-state index contributed by atoms with van der Waals surface area (Å²) in [6.45, 7) is 6.75. The number of amides is 1. The fraction of sp³-hybridized carbons (Fsp3) is 0.583. The third kappa shape index (κ3) is 4.61. The van der Waals surface area contributed by atoms with E-state index in [1.807, 2.05) is 0 Å². The largest absolute Gasteiger partial charge is 0.444 e. The lowest BCUT2D eigenvalue weighted by Gasteiger charge is -2.21. The summed E-state index contributed by atoms with van der Waals surface area (Å²) in [6.07, 6.45) is -0.0990. The van der Waals surface area contributed by atoms with Gasteiger partial charge in [-0.15, -0.1) is 0 Å². The molecule has 7 heteroatoms. The Hall–Kier alpha value is -2.05. The van der Waals surface area contributed by atoms with Crippen molar-refractivity contribution in [3.8, 4) is 0 Å². The molecule has 1 amide bonds. The van der Waals surface area contributed by atoms with Crippen LogP contribution in [-0.2, 0) is 16.0 Å². The SMILES string of the molecule is Cc1o[nH]c(=O)c1C[C@H](C=O)NC(=O)OC(C)(C)C. The van der Waals surface area contributed by atoms with Crippen molar-refractivity contribution in [2.45, 2.75) is 45.8 Å². The number of carbonyl (C=O) groups excluding carboxylic acids is 2. The van der Waals surface area contributed by atoms with Gasteiger partial charge in [0.2, 0.25) is 0 Å². The molecule has 7 nitrogen and oxygen atoms in total. The van der Waals surface area contributed by atoms with Crippen molar-refractivity contribution in [3.05, 3.63) is 21.7 Å². The van der Waals surface area contributed by atoms with E-state index in [1.54, 1.807) is 27.7 Å². The van der Waals surface area contributed by atoms with Gasteiger partial charge in [0.25, 0.3) is 5.56 Å². The third-order valence-corrected chi connectivity index (χ3v) is 2.29. The lowest BCUT2D eigenvalue weighted by molar-refractivity contribution is -0.109. The van der Waals surface area contributed by atoms with Gasteiger partial charge < -0.3 is 19.4 Å². The van der Waals surface area contributed by atoms with Crippen LogP contribution in [0.5, 0.6) is 0 Å². The van der Waals surface area contributed by atoms with Gasteiger partial charge in [0, 0.05) is 6.42 Å². The molecule has 0 radical (unpaired) electrons. The third-order valence-electron chi connectivity index (χ3n) is 2.29. The van der Waals surface area contributed by atoms with Crippen molar-refractivity contribution in [2.75, 3.05) is 0 Å². The monoisotopic (exact) mass is 270 g/mol. The predicted molar refractivity (Wildman–Crippen MR) is 67.0 cm³/mol. The zero-order valence-corrected chi connectivity index (χ0v) is 11.4. The van der Waals surface area contributed by atoms with E-state index in [0.29, 0.717) is 17.6 Å². The molecule has 2 N–H and O–H groups in total. The number of aromatic amines is 1. The van der Waals surface area contributed by atoms with Crippen LogP contribution in [0, 0.1) is 6.92 Å². The quantitative estimate of drug-likeness (QED) is 0.792. The van der Waals surface area contributed by atoms with Gasteiger partial charge in [-0.25, -0.2) is 4.79 Å². The molecule has 0 saturated carbocycles. The predicted octanol–water partition coefficient (Wildman–Crippen LogP) is 0.911. The number of H-pyrrole nitrogens is 1. The zero-order chi connectivity index (χ0) is 14.6. The first kappa shape index (κ1) is 15.0. The first-order valence-electron chi connectivity index (χ1n) is 5.84. The van der Waals surface area contributed by atoms with Gasteiger partial charge in [-0.05, 0) is 27.7 Å². The molecule has 0 aliphatic carbocycles. The minimum atomic E-state index is -0.841. The topological polar surface area (TPSA) is 101 Å². The van der Waals surface area contributed by atoms with Gasteiger partial charge in [-0.2, -0.15) is 5.16 Å². The molecule has 0 bridgehead atoms. The first-order chi connectivity index (χ1) is 8.73. The molecule has 1 aromatic heterocycles. The van der Waals surface area contributed by atoms with E-state index in [9.17, 15) is 14.4 Å². The Kier molecular flexibility index (Phi) is 4.52. The summed E-state index contributed by atoms with van der Waals surface area (Å²) in [7, 11) is 0. The molecule has 0 aliphatic heterocycles. The van der Waals surface area contributed by atoms with Gasteiger partial charge in [-0.1, -0.05) is 0 Å². The van der Waals surface area contributed by atoms with Gasteiger partial charge in [0.1, 0.15) is 17.6 Å². The second kappa shape index (κ2) is 5.73. The summed E-state index contributed by atoms with van der Waals surface area (Å²) in [4.78, 5) is 33.9. The van der Waals surface area contributed by atoms with Crippen LogP contribution in [0.2, 0.25) is 0 Å². The summed E-state index contributed by atoms with van der Waals surface area (Å²) >= 11 is 0. The van der Waals surface area contributed by atoms with Crippen molar-refractivity contribution in [1.82, 2.24) is 10.5 Å². The van der Waals surface area contributed by atoms with Crippen LogP contribution in [0.1, 0.15) is 32.1 Å². The Balaban J connectivity index is 2.68. The van der Waals surface area contributed by atoms with Crippen LogP contribution in [0.25, 0.3) is 0 Å². The second-order valence-electron chi connectivity index (χ2n) is 5.16. The average molecular weight is 270 g/mol. The number of hydrogen-bond donors (Lipinski definition) is 2. The molecule has 0 aliphatic rings. The van der Waals surface area contributed by atoms with Gasteiger partial charge in [0.05, 0.1) is 11.6 Å². The van der Waals surface area contributed by atoms with Crippen LogP contribution in [-0.4, -0.2) is 29.2 Å². The summed E-state index contributed by atoms with van der Waals surface area (Å²) < 4.78 is 9.86. The number of alkyl carbamates (subject to hydrolysis) is 1. The molecule has 0 saturated heterocycles. The first-order valence-corrected chi connectivity index (χ1v) is 5.84. The maximum absolute atomic E-state index is 11.5. The highest BCUT2D eigenvalue weighted by Gasteiger charge is 2.21. The summed E-state index contributed by atoms with van der Waals surface area (Å²) in [6, 6.07) is -0.841. The van der Waals surface area contributed by atoms with Crippen LogP contribution >= 0.6 is 0 Å². The molecule has 1 rings (SSSR count). The lowest BCUT2D eigenvalue weighted by Crippen LogP contribution is -2.41. The number of aromatic nitrogens is 1. The van der Waals surface area contributed by atoms with E-state index >= 15 is 0 Å². The summed E-state index contributed by atoms with van der Waals surface area (Å²) in [5, 5.41) is 4.56. The van der Waals surface area contributed by atoms with Crippen molar-refractivity contribution >= 4 is 12.4 Å². The standard InChI is InChI=1S/C12H18N2O5/c1-7-9(10(16)14-19-7)5-8(6-15)13-11(17)18-12(2,3)4/h6,8H,5H2,1-4H3,(H,13,17)(H,14,16)/t8-/m1/s1. The molecule has 106 valence electrons. The van der Waals surface area contributed by atoms with Crippen LogP contribution < -0.4 is 10.9 Å². The summed E-state index contributed by atoms with van der Waals surface area (Å²) in [5.74, 6) is 0.392. The lowest BCUT2D eigenvalue weighted by atomic mass is 10.1. The maximum atomic E-state index is 11.5. The number of carbonyl (C=O) groups is 2. The molecule has 0 aromatic carbocycles. The minimum Gasteiger partial charge on any atom is -0.444 e. The number of rotatable bonds is 4. The Morgan fingerprint density at radius 1 is 1.53 bits per heavy atom. The number of aldehydes is 1. The fourth-order valence-corrected chi connectivity index (χ4v) is 1.45. The van der Waals surface area contributed by atoms with Gasteiger partial charge >= 0.3 is 6.09 Å². The average Bonchev–Trinajstić information content (AvgIpc) is 2.57. The van der Waals surface area contributed by atoms with Crippen LogP contribution in [0.15, 0.2) is 9.32 Å². The van der Waals surface area contributed by atoms with Gasteiger partial charge in [-0.3, -0.25) is 4.79 Å². The van der Waals surface area contributed by atoms with E-state index < -0.39 is 23.3 Å².